The molecule has 2 aromatic rings. The lowest BCUT2D eigenvalue weighted by molar-refractivity contribution is -0.192. The summed E-state index contributed by atoms with van der Waals surface area (Å²) in [6.45, 7) is 2.49. The van der Waals surface area contributed by atoms with Gasteiger partial charge in [0.2, 0.25) is 11.8 Å². The molecule has 20 atom stereocenters. The van der Waals surface area contributed by atoms with E-state index in [9.17, 15) is 65.1 Å². The molecule has 29 heteroatoms. The first-order chi connectivity index (χ1) is 42.6. The minimum absolute atomic E-state index is 0.00899. The van der Waals surface area contributed by atoms with Crippen LogP contribution in [0.25, 0.3) is 0 Å². The maximum atomic E-state index is 12.7. The van der Waals surface area contributed by atoms with Crippen molar-refractivity contribution in [3.05, 3.63) is 54.0 Å². The second-order valence-corrected chi connectivity index (χ2v) is 22.1. The quantitative estimate of drug-likeness (QED) is 0.0330. The summed E-state index contributed by atoms with van der Waals surface area (Å²) in [5.41, 5.74) is 0.727. The smallest absolute Gasteiger partial charge is 0.312 e. The van der Waals surface area contributed by atoms with Gasteiger partial charge in [0.05, 0.1) is 98.6 Å². The molecule has 0 aliphatic heterocycles. The molecule has 4 saturated carbocycles. The van der Waals surface area contributed by atoms with Crippen LogP contribution in [0.1, 0.15) is 62.7 Å². The summed E-state index contributed by atoms with van der Waals surface area (Å²) >= 11 is 0. The van der Waals surface area contributed by atoms with Crippen LogP contribution in [0.15, 0.2) is 47.1 Å². The van der Waals surface area contributed by atoms with Gasteiger partial charge in [0.15, 0.2) is 0 Å². The number of aromatic hydroxyl groups is 1. The zero-order valence-electron chi connectivity index (χ0n) is 52.9. The van der Waals surface area contributed by atoms with Gasteiger partial charge in [-0.05, 0) is 81.9 Å². The van der Waals surface area contributed by atoms with Crippen LogP contribution >= 0.6 is 0 Å². The van der Waals surface area contributed by atoms with E-state index in [1.165, 1.54) is 75.3 Å². The number of methoxy groups -OCH3 is 8. The van der Waals surface area contributed by atoms with Gasteiger partial charge in [-0.2, -0.15) is 0 Å². The molecule has 0 spiro atoms. The van der Waals surface area contributed by atoms with E-state index in [0.29, 0.717) is 25.3 Å². The highest BCUT2D eigenvalue weighted by Crippen LogP contribution is 2.34. The van der Waals surface area contributed by atoms with Crippen LogP contribution in [-0.2, 0) is 84.5 Å². The number of aliphatic hydroxyl groups excluding tert-OH is 9. The lowest BCUT2D eigenvalue weighted by Crippen LogP contribution is -2.58. The zero-order valence-corrected chi connectivity index (χ0v) is 52.9. The Morgan fingerprint density at radius 2 is 0.955 bits per heavy atom. The van der Waals surface area contributed by atoms with Crippen molar-refractivity contribution in [3.8, 4) is 5.75 Å². The molecular weight excluding hydrogens is 1180 g/mol. The molecule has 1 aromatic heterocycles. The minimum atomic E-state index is -1.23. The van der Waals surface area contributed by atoms with Crippen LogP contribution in [0.5, 0.6) is 5.75 Å². The maximum Gasteiger partial charge on any atom is 0.312 e. The van der Waals surface area contributed by atoms with Crippen molar-refractivity contribution in [3.63, 3.8) is 0 Å². The first-order valence-electron chi connectivity index (χ1n) is 29.8. The van der Waals surface area contributed by atoms with E-state index < -0.39 is 133 Å². The van der Waals surface area contributed by atoms with Crippen LogP contribution in [0.4, 0.5) is 0 Å². The number of hydrogen-bond donors (Lipinski definition) is 12. The van der Waals surface area contributed by atoms with Crippen molar-refractivity contribution in [1.29, 1.82) is 0 Å². The van der Waals surface area contributed by atoms with Gasteiger partial charge in [-0.1, -0.05) is 25.0 Å². The number of phenolic OH excluding ortho intramolecular Hbond substituents is 1. The molecule has 0 bridgehead atoms. The van der Waals surface area contributed by atoms with Crippen molar-refractivity contribution in [2.24, 2.45) is 23.7 Å². The number of furan rings is 1. The molecule has 89 heavy (non-hydrogen) atoms. The molecule has 0 radical (unpaired) electrons. The van der Waals surface area contributed by atoms with Crippen LogP contribution in [0, 0.1) is 23.7 Å². The van der Waals surface area contributed by atoms with Gasteiger partial charge in [0.25, 0.3) is 0 Å². The Balaban J connectivity index is 0.000000311. The molecular formula is C60H101N3O26. The molecule has 4 unspecified atom stereocenters. The maximum absolute atomic E-state index is 12.7. The number of nitrogens with one attached hydrogen (secondary N) is 2. The molecule has 1 aromatic carbocycles. The number of benzene rings is 1. The number of ether oxygens (including phenoxy) is 11. The van der Waals surface area contributed by atoms with Gasteiger partial charge < -0.3 is 123 Å². The average molecular weight is 1280 g/mol. The monoisotopic (exact) mass is 1280 g/mol. The van der Waals surface area contributed by atoms with Crippen LogP contribution in [0.2, 0.25) is 0 Å². The molecule has 4 aliphatic carbocycles. The van der Waals surface area contributed by atoms with Crippen LogP contribution in [-0.4, -0.2) is 288 Å². The third kappa shape index (κ3) is 23.5. The summed E-state index contributed by atoms with van der Waals surface area (Å²) in [6.07, 6.45) is -7.96. The Hall–Kier alpha value is -4.58. The summed E-state index contributed by atoms with van der Waals surface area (Å²) in [6, 6.07) is 9.69. The Morgan fingerprint density at radius 3 is 1.38 bits per heavy atom. The molecule has 2 amide bonds. The number of carbonyl (C=O) groups is 4. The van der Waals surface area contributed by atoms with E-state index in [2.05, 4.69) is 10.6 Å². The van der Waals surface area contributed by atoms with Gasteiger partial charge in [0, 0.05) is 77.0 Å². The number of rotatable bonds is 28. The highest BCUT2D eigenvalue weighted by Gasteiger charge is 2.51. The average Bonchev–Trinajstić information content (AvgIpc) is 2.30. The highest BCUT2D eigenvalue weighted by molar-refractivity contribution is 5.80. The topological polar surface area (TPSA) is 413 Å². The number of carbonyl (C=O) groups excluding carboxylic acids is 4. The van der Waals surface area contributed by atoms with Gasteiger partial charge in [-0.15, -0.1) is 0 Å². The standard InChI is InChI=1S/C17H34N2O5.C16H22O7.C14H20O7.C13H25NO7/c1-18-9-7-5-6-8-10-19(2)17(22)12-11-13(23-3)14(20)15(21)16(12)24-4;1-21-12-7-11(15(22-2)14(19)13(12)18)16(20)23-8-9-3-5-10(17)6-4-9;1-18-10-6-9(13(19-2)12(16)11(10)15)14(17)21-7-8-4-3-5-20-8;1-19-9-7-8(12(20-2)11(17)10(9)16)13(18)14-3-5-21-6-4-15/h12-16,18,20-21H,5-11H2,1-4H3;3-6,11-15,17-19H,7-8H2,1-2H3;3-5,9-13,15-16H,6-7H2,1-2H3;8-12,15-17H,3-7H2,1-2H3,(H,14,18)/t12?,13-,14-,15-,16-;11?,12-,13-,14-,15-;9?,10-,11-,12-,13-;8?,9-,10-,11-,12-/m1111/s1. The number of aliphatic hydroxyl groups is 9. The van der Waals surface area contributed by atoms with Gasteiger partial charge in [-0.25, -0.2) is 0 Å². The number of unbranched alkanes of at least 4 members (excludes halogenated alkanes) is 3. The van der Waals surface area contributed by atoms with E-state index in [4.69, 9.17) is 61.6 Å². The van der Waals surface area contributed by atoms with Crippen molar-refractivity contribution < 1.29 is 127 Å². The molecule has 29 nitrogen and oxygen atoms in total. The first-order valence-corrected chi connectivity index (χ1v) is 29.8. The SMILES string of the molecule is CNCCCCCCN(C)C(=O)C1C[C@@H](OC)[C@@H](O)[C@@H](O)[C@@H]1OC.CO[C@@H]1C(C(=O)NCCOCCO)C[C@@H](OC)[C@@H](O)[C@H]1O.CO[C@@H]1C(C(=O)OCc2ccc(O)cc2)C[C@@H](OC)[C@@H](O)[C@H]1O.CO[C@@H]1C(C(=O)OCc2ccco2)C[C@@H](OC)[C@@H](O)[C@H]1O. The van der Waals surface area contributed by atoms with Crippen LogP contribution in [0.3, 0.4) is 0 Å². The van der Waals surface area contributed by atoms with Gasteiger partial charge in [-0.3, -0.25) is 19.2 Å². The lowest BCUT2D eigenvalue weighted by atomic mass is 9.79. The van der Waals surface area contributed by atoms with E-state index in [1.807, 2.05) is 7.05 Å². The molecule has 4 aliphatic rings. The second-order valence-electron chi connectivity index (χ2n) is 22.1. The number of hydrogen-bond acceptors (Lipinski definition) is 27. The zero-order chi connectivity index (χ0) is 66.3. The van der Waals surface area contributed by atoms with E-state index >= 15 is 0 Å². The Kier molecular flexibility index (Phi) is 37.0. The second kappa shape index (κ2) is 41.8. The number of nitrogens with zero attached hydrogens (tertiary/aromatic N) is 1. The predicted octanol–water partition coefficient (Wildman–Crippen LogP) is -1.82. The molecule has 1 heterocycles. The summed E-state index contributed by atoms with van der Waals surface area (Å²) in [5, 5.41) is 104. The van der Waals surface area contributed by atoms with Crippen molar-refractivity contribution >= 4 is 23.8 Å². The Morgan fingerprint density at radius 1 is 0.528 bits per heavy atom. The molecule has 0 saturated heterocycles. The largest absolute Gasteiger partial charge is 0.508 e. The van der Waals surface area contributed by atoms with E-state index in [-0.39, 0.29) is 69.9 Å². The molecule has 4 fully saturated rings. The van der Waals surface area contributed by atoms with Crippen molar-refractivity contribution in [1.82, 2.24) is 15.5 Å². The molecule has 512 valence electrons. The molecule has 6 rings (SSSR count). The first kappa shape index (κ1) is 78.7. The number of esters is 2. The third-order valence-electron chi connectivity index (χ3n) is 16.4. The Labute approximate surface area is 520 Å². The van der Waals surface area contributed by atoms with Crippen molar-refractivity contribution in [2.75, 3.05) is 110 Å². The number of phenols is 1. The lowest BCUT2D eigenvalue weighted by Gasteiger charge is -2.41. The fourth-order valence-corrected chi connectivity index (χ4v) is 11.3. The highest BCUT2D eigenvalue weighted by atomic mass is 16.6. The summed E-state index contributed by atoms with van der Waals surface area (Å²) < 4.78 is 61.9. The third-order valence-corrected chi connectivity index (χ3v) is 16.4. The van der Waals surface area contributed by atoms with E-state index in [0.717, 1.165) is 37.8 Å². The predicted molar refractivity (Wildman–Crippen MR) is 314 cm³/mol. The van der Waals surface area contributed by atoms with Gasteiger partial charge in [0.1, 0.15) is 73.6 Å². The summed E-state index contributed by atoms with van der Waals surface area (Å²) in [7, 11) is 15.0. The summed E-state index contributed by atoms with van der Waals surface area (Å²) in [5.74, 6) is -3.32. The van der Waals surface area contributed by atoms with Crippen LogP contribution < -0.4 is 10.6 Å². The number of amides is 2. The van der Waals surface area contributed by atoms with E-state index in [1.54, 1.807) is 36.2 Å². The fourth-order valence-electron chi connectivity index (χ4n) is 11.3. The normalized spacial score (nSPS) is 31.7. The fraction of sp³-hybridized carbons (Fsp3) is 0.767. The van der Waals surface area contributed by atoms with Gasteiger partial charge >= 0.3 is 11.9 Å². The van der Waals surface area contributed by atoms with Crippen molar-refractivity contribution in [2.45, 2.75) is 162 Å². The Bertz CT molecular complexity index is 2260. The summed E-state index contributed by atoms with van der Waals surface area (Å²) in [4.78, 5) is 51.1. The molecule has 12 N–H and O–H groups in total. The minimum Gasteiger partial charge on any atom is -0.508 e.